The molecule has 202 valence electrons. The van der Waals surface area contributed by atoms with E-state index in [2.05, 4.69) is 19.9 Å². The zero-order valence-electron chi connectivity index (χ0n) is 22.1. The van der Waals surface area contributed by atoms with Crippen molar-refractivity contribution in [3.63, 3.8) is 0 Å². The second-order valence-electron chi connectivity index (χ2n) is 12.8. The summed E-state index contributed by atoms with van der Waals surface area (Å²) in [6, 6.07) is 0. The molecule has 3 saturated carbocycles. The van der Waals surface area contributed by atoms with E-state index in [1.807, 2.05) is 6.92 Å². The van der Waals surface area contributed by atoms with E-state index in [1.54, 1.807) is 6.92 Å². The number of rotatable bonds is 4. The van der Waals surface area contributed by atoms with E-state index in [9.17, 15) is 25.2 Å². The van der Waals surface area contributed by atoms with Crippen molar-refractivity contribution in [3.8, 4) is 0 Å². The predicted molar refractivity (Wildman–Crippen MR) is 134 cm³/mol. The standard InChI is InChI=1S/C29H44O7/c1-15(13-23(30)31)20-7-8-21-19-6-5-17-14-18(36-27-26(34)25(33)24(32)16(2)35-27)9-11-28(17,3)22(19)10-12-29(20,21)4/h5,13,16,18-22,24-27,32-34H,6-12,14H2,1-4H3,(H,30,31)/b15-13+/t16-,18?,19+,20-,21+,22+,24+,25+,26-,27+,28+,29-/m1/s1. The number of ether oxygens (including phenoxy) is 2. The van der Waals surface area contributed by atoms with Crippen LogP contribution in [0.4, 0.5) is 0 Å². The number of allylic oxidation sites excluding steroid dienone is 2. The van der Waals surface area contributed by atoms with Crippen molar-refractivity contribution < 1.29 is 34.7 Å². The third-order valence-electron chi connectivity index (χ3n) is 11.1. The van der Waals surface area contributed by atoms with Crippen LogP contribution in [0.5, 0.6) is 0 Å². The van der Waals surface area contributed by atoms with Crippen LogP contribution in [0.2, 0.25) is 0 Å². The fraction of sp³-hybridized carbons (Fsp3) is 0.828. The molecule has 4 N–H and O–H groups in total. The lowest BCUT2D eigenvalue weighted by atomic mass is 9.47. The molecule has 1 aliphatic heterocycles. The zero-order chi connectivity index (χ0) is 26.0. The summed E-state index contributed by atoms with van der Waals surface area (Å²) in [4.78, 5) is 11.3. The van der Waals surface area contributed by atoms with Crippen molar-refractivity contribution in [1.29, 1.82) is 0 Å². The summed E-state index contributed by atoms with van der Waals surface area (Å²) in [5, 5.41) is 39.9. The topological polar surface area (TPSA) is 116 Å². The minimum Gasteiger partial charge on any atom is -0.478 e. The SMILES string of the molecule is C/C(=C\C(=O)O)[C@H]1CC[C@H]2[C@@H]3CC=C4CC(O[C@@H]5O[C@H](C)[C@H](O)[C@H](O)[C@H]5O)CC[C@]4(C)[C@H]3CC[C@]12C. The molecule has 36 heavy (non-hydrogen) atoms. The van der Waals surface area contributed by atoms with Crippen LogP contribution < -0.4 is 0 Å². The summed E-state index contributed by atoms with van der Waals surface area (Å²) in [7, 11) is 0. The van der Waals surface area contributed by atoms with Crippen molar-refractivity contribution in [3.05, 3.63) is 23.3 Å². The summed E-state index contributed by atoms with van der Waals surface area (Å²) < 4.78 is 11.9. The fourth-order valence-electron chi connectivity index (χ4n) is 9.10. The molecule has 1 heterocycles. The molecule has 5 rings (SSSR count). The molecule has 0 bridgehead atoms. The Labute approximate surface area is 214 Å². The van der Waals surface area contributed by atoms with Gasteiger partial charge in [-0.3, -0.25) is 0 Å². The first-order valence-electron chi connectivity index (χ1n) is 13.9. The Hall–Kier alpha value is -1.25. The zero-order valence-corrected chi connectivity index (χ0v) is 22.1. The van der Waals surface area contributed by atoms with Crippen LogP contribution in [0.15, 0.2) is 23.3 Å². The third-order valence-corrected chi connectivity index (χ3v) is 11.1. The average Bonchev–Trinajstić information content (AvgIpc) is 3.18. The molecule has 1 saturated heterocycles. The molecule has 0 aromatic rings. The maximum Gasteiger partial charge on any atom is 0.328 e. The number of aliphatic carboxylic acids is 1. The van der Waals surface area contributed by atoms with Crippen LogP contribution in [0.25, 0.3) is 0 Å². The van der Waals surface area contributed by atoms with E-state index in [0.717, 1.165) is 44.1 Å². The normalized spacial score (nSPS) is 51.1. The predicted octanol–water partition coefficient (Wildman–Crippen LogP) is 3.81. The van der Waals surface area contributed by atoms with Crippen LogP contribution in [0, 0.1) is 34.5 Å². The number of hydrogen-bond donors (Lipinski definition) is 4. The summed E-state index contributed by atoms with van der Waals surface area (Å²) in [5.74, 6) is 1.42. The lowest BCUT2D eigenvalue weighted by Crippen LogP contribution is -2.58. The number of aliphatic hydroxyl groups is 3. The van der Waals surface area contributed by atoms with Crippen molar-refractivity contribution >= 4 is 5.97 Å². The number of carboxylic acids is 1. The van der Waals surface area contributed by atoms with Gasteiger partial charge < -0.3 is 29.9 Å². The van der Waals surface area contributed by atoms with Crippen LogP contribution >= 0.6 is 0 Å². The Morgan fingerprint density at radius 1 is 1.06 bits per heavy atom. The van der Waals surface area contributed by atoms with Crippen LogP contribution in [-0.2, 0) is 14.3 Å². The number of hydrogen-bond acceptors (Lipinski definition) is 6. The van der Waals surface area contributed by atoms with Gasteiger partial charge >= 0.3 is 5.97 Å². The Kier molecular flexibility index (Phi) is 6.95. The molecule has 0 aromatic heterocycles. The number of carbonyl (C=O) groups is 1. The molecule has 4 aliphatic carbocycles. The molecule has 5 aliphatic rings. The maximum atomic E-state index is 11.3. The Morgan fingerprint density at radius 2 is 1.81 bits per heavy atom. The highest BCUT2D eigenvalue weighted by Crippen LogP contribution is 2.67. The Morgan fingerprint density at radius 3 is 2.53 bits per heavy atom. The highest BCUT2D eigenvalue weighted by atomic mass is 16.7. The molecule has 0 amide bonds. The van der Waals surface area contributed by atoms with Gasteiger partial charge in [0.2, 0.25) is 0 Å². The summed E-state index contributed by atoms with van der Waals surface area (Å²) >= 11 is 0. The molecule has 7 heteroatoms. The van der Waals surface area contributed by atoms with Crippen LogP contribution in [0.1, 0.15) is 79.1 Å². The quantitative estimate of drug-likeness (QED) is 0.340. The maximum absolute atomic E-state index is 11.3. The van der Waals surface area contributed by atoms with Gasteiger partial charge in [-0.25, -0.2) is 4.79 Å². The molecule has 1 unspecified atom stereocenters. The van der Waals surface area contributed by atoms with E-state index in [1.165, 1.54) is 24.5 Å². The minimum absolute atomic E-state index is 0.0799. The molecule has 0 aromatic carbocycles. The first-order chi connectivity index (χ1) is 17.0. The van der Waals surface area contributed by atoms with E-state index in [0.29, 0.717) is 23.7 Å². The van der Waals surface area contributed by atoms with Gasteiger partial charge in [0, 0.05) is 6.08 Å². The van der Waals surface area contributed by atoms with Crippen molar-refractivity contribution in [2.75, 3.05) is 0 Å². The largest absolute Gasteiger partial charge is 0.478 e. The average molecular weight is 505 g/mol. The number of carboxylic acid groups (broad SMARTS) is 1. The Balaban J connectivity index is 1.30. The second kappa shape index (κ2) is 9.49. The minimum atomic E-state index is -1.27. The van der Waals surface area contributed by atoms with Gasteiger partial charge in [-0.05, 0) is 99.7 Å². The summed E-state index contributed by atoms with van der Waals surface area (Å²) in [5.41, 5.74) is 2.80. The van der Waals surface area contributed by atoms with E-state index < -0.39 is 36.7 Å². The van der Waals surface area contributed by atoms with Crippen LogP contribution in [-0.4, -0.2) is 63.2 Å². The Bertz CT molecular complexity index is 929. The van der Waals surface area contributed by atoms with Gasteiger partial charge in [0.1, 0.15) is 18.3 Å². The molecule has 4 fully saturated rings. The highest BCUT2D eigenvalue weighted by Gasteiger charge is 2.59. The summed E-state index contributed by atoms with van der Waals surface area (Å²) in [6.45, 7) is 8.54. The van der Waals surface area contributed by atoms with Gasteiger partial charge in [0.05, 0.1) is 12.2 Å². The molecule has 0 spiro atoms. The molecule has 12 atom stereocenters. The highest BCUT2D eigenvalue weighted by molar-refractivity contribution is 5.80. The van der Waals surface area contributed by atoms with Crippen molar-refractivity contribution in [1.82, 2.24) is 0 Å². The first-order valence-corrected chi connectivity index (χ1v) is 13.9. The smallest absolute Gasteiger partial charge is 0.328 e. The van der Waals surface area contributed by atoms with E-state index >= 15 is 0 Å². The van der Waals surface area contributed by atoms with Crippen LogP contribution in [0.3, 0.4) is 0 Å². The van der Waals surface area contributed by atoms with Gasteiger partial charge in [0.15, 0.2) is 6.29 Å². The van der Waals surface area contributed by atoms with Crippen molar-refractivity contribution in [2.45, 2.75) is 116 Å². The monoisotopic (exact) mass is 504 g/mol. The van der Waals surface area contributed by atoms with Gasteiger partial charge in [-0.1, -0.05) is 31.1 Å². The number of aliphatic hydroxyl groups excluding tert-OH is 3. The molecule has 0 radical (unpaired) electrons. The van der Waals surface area contributed by atoms with E-state index in [-0.39, 0.29) is 16.9 Å². The number of fused-ring (bicyclic) bond motifs is 5. The first kappa shape index (κ1) is 26.4. The lowest BCUT2D eigenvalue weighted by Gasteiger charge is -2.58. The summed E-state index contributed by atoms with van der Waals surface area (Å²) in [6.07, 6.45) is 7.00. The fourth-order valence-corrected chi connectivity index (χ4v) is 9.10. The van der Waals surface area contributed by atoms with E-state index in [4.69, 9.17) is 9.47 Å². The molecular weight excluding hydrogens is 460 g/mol. The molecular formula is C29H44O7. The van der Waals surface area contributed by atoms with Crippen molar-refractivity contribution in [2.24, 2.45) is 34.5 Å². The van der Waals surface area contributed by atoms with Gasteiger partial charge in [-0.2, -0.15) is 0 Å². The molecule has 7 nitrogen and oxygen atoms in total. The van der Waals surface area contributed by atoms with Gasteiger partial charge in [0.25, 0.3) is 0 Å². The third kappa shape index (κ3) is 4.19. The second-order valence-corrected chi connectivity index (χ2v) is 12.8. The lowest BCUT2D eigenvalue weighted by molar-refractivity contribution is -0.305. The van der Waals surface area contributed by atoms with Gasteiger partial charge in [-0.15, -0.1) is 0 Å².